The third-order valence-electron chi connectivity index (χ3n) is 4.16. The lowest BCUT2D eigenvalue weighted by Crippen LogP contribution is -2.38. The topological polar surface area (TPSA) is 79.4 Å². The molecule has 3 aromatic rings. The second-order valence-electron chi connectivity index (χ2n) is 5.74. The predicted molar refractivity (Wildman–Crippen MR) is 94.6 cm³/mol. The van der Waals surface area contributed by atoms with Gasteiger partial charge in [0, 0.05) is 11.6 Å². The number of aromatic nitrogens is 1. The lowest BCUT2D eigenvalue weighted by molar-refractivity contribution is -0.119. The molecule has 0 aliphatic carbocycles. The van der Waals surface area contributed by atoms with Gasteiger partial charge in [0.15, 0.2) is 0 Å². The van der Waals surface area contributed by atoms with Crippen molar-refractivity contribution in [2.24, 2.45) is 0 Å². The molecular formula is C18H15N3O3S. The molecule has 0 fully saturated rings. The molecule has 126 valence electrons. The average Bonchev–Trinajstić information content (AvgIpc) is 2.84. The molecule has 7 heteroatoms. The van der Waals surface area contributed by atoms with Crippen LogP contribution in [0.3, 0.4) is 0 Å². The van der Waals surface area contributed by atoms with Crippen LogP contribution >= 0.6 is 0 Å². The van der Waals surface area contributed by atoms with Crippen LogP contribution < -0.4 is 9.62 Å². The van der Waals surface area contributed by atoms with E-state index in [1.165, 1.54) is 4.31 Å². The molecule has 25 heavy (non-hydrogen) atoms. The summed E-state index contributed by atoms with van der Waals surface area (Å²) in [4.78, 5) is 16.7. The van der Waals surface area contributed by atoms with Gasteiger partial charge in [-0.3, -0.25) is 14.1 Å². The van der Waals surface area contributed by atoms with Crippen molar-refractivity contribution in [1.82, 2.24) is 10.3 Å². The van der Waals surface area contributed by atoms with E-state index in [4.69, 9.17) is 0 Å². The Kier molecular flexibility index (Phi) is 3.65. The SMILES string of the molecule is O=C(CN1c2cccc3cccc(c23)S1(=O)=O)NCc1ccccn1. The normalized spacial score (nSPS) is 14.6. The van der Waals surface area contributed by atoms with Crippen molar-refractivity contribution in [3.63, 3.8) is 0 Å². The number of anilines is 1. The minimum atomic E-state index is -3.72. The Labute approximate surface area is 145 Å². The molecule has 0 spiro atoms. The number of carbonyl (C=O) groups excluding carboxylic acids is 1. The van der Waals surface area contributed by atoms with Gasteiger partial charge in [-0.2, -0.15) is 0 Å². The number of rotatable bonds is 4. The number of hydrogen-bond acceptors (Lipinski definition) is 4. The molecule has 1 aliphatic heterocycles. The van der Waals surface area contributed by atoms with Crippen molar-refractivity contribution in [3.05, 3.63) is 66.5 Å². The highest BCUT2D eigenvalue weighted by Gasteiger charge is 2.36. The Bertz CT molecular complexity index is 1060. The minimum absolute atomic E-state index is 0.248. The van der Waals surface area contributed by atoms with Crippen LogP contribution in [0.15, 0.2) is 65.7 Å². The van der Waals surface area contributed by atoms with Crippen molar-refractivity contribution in [2.75, 3.05) is 10.8 Å². The third kappa shape index (κ3) is 2.62. The first-order chi connectivity index (χ1) is 12.1. The molecule has 1 amide bonds. The number of sulfonamides is 1. The molecule has 0 bridgehead atoms. The van der Waals surface area contributed by atoms with Crippen molar-refractivity contribution in [3.8, 4) is 0 Å². The van der Waals surface area contributed by atoms with Crippen LogP contribution in [0.5, 0.6) is 0 Å². The van der Waals surface area contributed by atoms with E-state index < -0.39 is 10.0 Å². The number of carbonyl (C=O) groups is 1. The molecule has 2 aromatic carbocycles. The zero-order valence-electron chi connectivity index (χ0n) is 13.2. The first kappa shape index (κ1) is 15.6. The van der Waals surface area contributed by atoms with Gasteiger partial charge in [0.25, 0.3) is 10.0 Å². The fourth-order valence-corrected chi connectivity index (χ4v) is 4.67. The second kappa shape index (κ2) is 5.86. The summed E-state index contributed by atoms with van der Waals surface area (Å²) in [5.74, 6) is -0.376. The number of hydrogen-bond donors (Lipinski definition) is 1. The van der Waals surface area contributed by atoms with E-state index in [-0.39, 0.29) is 23.9 Å². The number of nitrogens with zero attached hydrogens (tertiary/aromatic N) is 2. The van der Waals surface area contributed by atoms with Gasteiger partial charge in [-0.25, -0.2) is 8.42 Å². The Balaban J connectivity index is 1.59. The maximum Gasteiger partial charge on any atom is 0.265 e. The highest BCUT2D eigenvalue weighted by atomic mass is 32.2. The molecule has 1 N–H and O–H groups in total. The van der Waals surface area contributed by atoms with E-state index in [9.17, 15) is 13.2 Å². The monoisotopic (exact) mass is 353 g/mol. The average molecular weight is 353 g/mol. The molecule has 1 aromatic heterocycles. The standard InChI is InChI=1S/C18H15N3O3S/c22-17(20-11-14-7-1-2-10-19-14)12-21-15-8-3-5-13-6-4-9-16(18(13)15)25(21,23)24/h1-10H,11-12H2,(H,20,22). The Hall–Kier alpha value is -2.93. The first-order valence-corrected chi connectivity index (χ1v) is 9.22. The number of benzene rings is 2. The predicted octanol–water partition coefficient (Wildman–Crippen LogP) is 2.06. The van der Waals surface area contributed by atoms with Gasteiger partial charge < -0.3 is 5.32 Å². The lowest BCUT2D eigenvalue weighted by atomic mass is 10.1. The van der Waals surface area contributed by atoms with Crippen LogP contribution in [-0.2, 0) is 21.4 Å². The van der Waals surface area contributed by atoms with Gasteiger partial charge in [-0.05, 0) is 29.7 Å². The summed E-state index contributed by atoms with van der Waals surface area (Å²) >= 11 is 0. The van der Waals surface area contributed by atoms with Gasteiger partial charge in [-0.1, -0.05) is 30.3 Å². The van der Waals surface area contributed by atoms with Crippen molar-refractivity contribution in [2.45, 2.75) is 11.4 Å². The number of pyridine rings is 1. The van der Waals surface area contributed by atoms with Crippen LogP contribution in [0.1, 0.15) is 5.69 Å². The number of nitrogens with one attached hydrogen (secondary N) is 1. The Morgan fingerprint density at radius 3 is 2.60 bits per heavy atom. The van der Waals surface area contributed by atoms with Crippen molar-refractivity contribution in [1.29, 1.82) is 0 Å². The summed E-state index contributed by atoms with van der Waals surface area (Å²) < 4.78 is 26.8. The van der Waals surface area contributed by atoms with E-state index in [1.54, 1.807) is 42.6 Å². The highest BCUT2D eigenvalue weighted by Crippen LogP contribution is 2.41. The van der Waals surface area contributed by atoms with E-state index in [0.717, 1.165) is 5.39 Å². The molecular weight excluding hydrogens is 338 g/mol. The first-order valence-electron chi connectivity index (χ1n) is 7.78. The summed E-state index contributed by atoms with van der Waals surface area (Å²) in [6, 6.07) is 15.9. The lowest BCUT2D eigenvalue weighted by Gasteiger charge is -2.18. The molecule has 4 rings (SSSR count). The molecule has 1 aliphatic rings. The molecule has 0 saturated heterocycles. The summed E-state index contributed by atoms with van der Waals surface area (Å²) in [7, 11) is -3.72. The maximum absolute atomic E-state index is 12.8. The van der Waals surface area contributed by atoms with Crippen LogP contribution in [0.25, 0.3) is 10.8 Å². The van der Waals surface area contributed by atoms with E-state index in [2.05, 4.69) is 10.3 Å². The largest absolute Gasteiger partial charge is 0.349 e. The molecule has 0 atom stereocenters. The van der Waals surface area contributed by atoms with Gasteiger partial charge in [0.2, 0.25) is 5.91 Å². The quantitative estimate of drug-likeness (QED) is 0.779. The van der Waals surface area contributed by atoms with E-state index in [0.29, 0.717) is 16.8 Å². The summed E-state index contributed by atoms with van der Waals surface area (Å²) in [5, 5.41) is 4.23. The molecule has 6 nitrogen and oxygen atoms in total. The van der Waals surface area contributed by atoms with Crippen LogP contribution in [0.2, 0.25) is 0 Å². The fourth-order valence-electron chi connectivity index (χ4n) is 3.01. The zero-order chi connectivity index (χ0) is 17.4. The maximum atomic E-state index is 12.8. The van der Waals surface area contributed by atoms with Crippen LogP contribution in [0, 0.1) is 0 Å². The van der Waals surface area contributed by atoms with Crippen LogP contribution in [0.4, 0.5) is 5.69 Å². The van der Waals surface area contributed by atoms with Gasteiger partial charge in [-0.15, -0.1) is 0 Å². The fraction of sp³-hybridized carbons (Fsp3) is 0.111. The summed E-state index contributed by atoms with van der Waals surface area (Å²) in [6.45, 7) is -0.00628. The molecule has 0 saturated carbocycles. The molecule has 0 unspecified atom stereocenters. The van der Waals surface area contributed by atoms with Crippen LogP contribution in [-0.4, -0.2) is 25.9 Å². The van der Waals surface area contributed by atoms with Crippen molar-refractivity contribution >= 4 is 32.4 Å². The molecule has 0 radical (unpaired) electrons. The third-order valence-corrected chi connectivity index (χ3v) is 5.96. The van der Waals surface area contributed by atoms with Gasteiger partial charge >= 0.3 is 0 Å². The zero-order valence-corrected chi connectivity index (χ0v) is 14.0. The summed E-state index contributed by atoms with van der Waals surface area (Å²) in [6.07, 6.45) is 1.64. The van der Waals surface area contributed by atoms with Crippen molar-refractivity contribution < 1.29 is 13.2 Å². The highest BCUT2D eigenvalue weighted by molar-refractivity contribution is 7.93. The van der Waals surface area contributed by atoms with E-state index in [1.807, 2.05) is 18.2 Å². The second-order valence-corrected chi connectivity index (χ2v) is 7.57. The Morgan fingerprint density at radius 1 is 1.04 bits per heavy atom. The Morgan fingerprint density at radius 2 is 1.84 bits per heavy atom. The smallest absolute Gasteiger partial charge is 0.265 e. The van der Waals surface area contributed by atoms with Gasteiger partial charge in [0.1, 0.15) is 6.54 Å². The number of amides is 1. The van der Waals surface area contributed by atoms with E-state index >= 15 is 0 Å². The minimum Gasteiger partial charge on any atom is -0.349 e. The van der Waals surface area contributed by atoms with Gasteiger partial charge in [0.05, 0.1) is 22.8 Å². The molecule has 2 heterocycles. The summed E-state index contributed by atoms with van der Waals surface area (Å²) in [5.41, 5.74) is 1.26.